The molecule has 2 aromatic rings. The first-order valence-corrected chi connectivity index (χ1v) is 7.42. The molecule has 0 bridgehead atoms. The lowest BCUT2D eigenvalue weighted by atomic mass is 9.94. The van der Waals surface area contributed by atoms with Crippen LogP contribution in [-0.2, 0) is 9.59 Å². The molecule has 3 rings (SSSR count). The van der Waals surface area contributed by atoms with E-state index in [0.29, 0.717) is 0 Å². The number of phenolic OH excluding ortho intramolecular Hbond substituents is 1. The second kappa shape index (κ2) is 6.33. The minimum atomic E-state index is -1.21. The minimum absolute atomic E-state index is 0.0221. The van der Waals surface area contributed by atoms with Crippen LogP contribution >= 0.6 is 11.6 Å². The van der Waals surface area contributed by atoms with Crippen LogP contribution in [0.1, 0.15) is 11.5 Å². The van der Waals surface area contributed by atoms with Gasteiger partial charge in [-0.3, -0.25) is 25.0 Å². The summed E-state index contributed by atoms with van der Waals surface area (Å²) in [5, 5.41) is 22.8. The molecule has 2 aromatic carbocycles. The lowest BCUT2D eigenvalue weighted by Gasteiger charge is -2.08. The van der Waals surface area contributed by atoms with Crippen molar-refractivity contribution >= 4 is 40.5 Å². The Morgan fingerprint density at radius 1 is 1.20 bits per heavy atom. The van der Waals surface area contributed by atoms with Crippen molar-refractivity contribution in [1.29, 1.82) is 0 Å². The molecular formula is C16H10ClN3O5. The Bertz CT molecular complexity index is 941. The molecular weight excluding hydrogens is 350 g/mol. The Labute approximate surface area is 145 Å². The number of aromatic hydroxyl groups is 1. The number of rotatable bonds is 3. The number of amides is 2. The summed E-state index contributed by atoms with van der Waals surface area (Å²) in [4.78, 5) is 39.0. The van der Waals surface area contributed by atoms with Gasteiger partial charge in [0.15, 0.2) is 0 Å². The van der Waals surface area contributed by atoms with E-state index >= 15 is 0 Å². The molecule has 1 aliphatic heterocycles. The first kappa shape index (κ1) is 16.6. The third-order valence-corrected chi connectivity index (χ3v) is 3.93. The van der Waals surface area contributed by atoms with Gasteiger partial charge in [-0.15, -0.1) is 0 Å². The molecule has 0 aliphatic carbocycles. The highest BCUT2D eigenvalue weighted by molar-refractivity contribution is 6.52. The van der Waals surface area contributed by atoms with Gasteiger partial charge in [-0.2, -0.15) is 0 Å². The highest BCUT2D eigenvalue weighted by Gasteiger charge is 2.42. The zero-order chi connectivity index (χ0) is 18.1. The molecule has 1 atom stereocenters. The number of nitro benzene ring substituents is 1. The van der Waals surface area contributed by atoms with Crippen molar-refractivity contribution in [3.05, 3.63) is 63.2 Å². The lowest BCUT2D eigenvalue weighted by Crippen LogP contribution is -2.22. The fourth-order valence-corrected chi connectivity index (χ4v) is 2.68. The number of nitro groups is 1. The maximum absolute atomic E-state index is 12.2. The molecule has 0 saturated carbocycles. The summed E-state index contributed by atoms with van der Waals surface area (Å²) < 4.78 is 0. The summed E-state index contributed by atoms with van der Waals surface area (Å²) >= 11 is 5.81. The van der Waals surface area contributed by atoms with Gasteiger partial charge in [-0.05, 0) is 18.2 Å². The van der Waals surface area contributed by atoms with Crippen molar-refractivity contribution in [2.75, 3.05) is 0 Å². The molecule has 1 heterocycles. The minimum Gasteiger partial charge on any atom is -0.506 e. The van der Waals surface area contributed by atoms with Gasteiger partial charge in [0, 0.05) is 11.6 Å². The zero-order valence-electron chi connectivity index (χ0n) is 12.5. The number of para-hydroxylation sites is 1. The van der Waals surface area contributed by atoms with Crippen molar-refractivity contribution in [3.63, 3.8) is 0 Å². The maximum atomic E-state index is 12.2. The van der Waals surface area contributed by atoms with E-state index in [1.165, 1.54) is 42.5 Å². The Morgan fingerprint density at radius 3 is 2.60 bits per heavy atom. The predicted molar refractivity (Wildman–Crippen MR) is 89.2 cm³/mol. The van der Waals surface area contributed by atoms with Crippen molar-refractivity contribution in [2.24, 2.45) is 4.99 Å². The topological polar surface area (TPSA) is 122 Å². The Morgan fingerprint density at radius 2 is 1.92 bits per heavy atom. The number of hydrogen-bond acceptors (Lipinski definition) is 6. The standard InChI is InChI=1S/C16H10ClN3O5/c17-10-7-8(5-6-12(10)21)18-14-13(15(22)19-16(14)23)9-3-1-2-4-11(9)20(24)25/h1-7,13,21H,(H,19,22,23). The van der Waals surface area contributed by atoms with E-state index in [-0.39, 0.29) is 33.4 Å². The number of halogens is 1. The molecule has 2 amide bonds. The Kier molecular flexibility index (Phi) is 4.20. The summed E-state index contributed by atoms with van der Waals surface area (Å²) in [6, 6.07) is 9.66. The van der Waals surface area contributed by atoms with Gasteiger partial charge in [0.05, 0.1) is 15.6 Å². The van der Waals surface area contributed by atoms with E-state index in [0.717, 1.165) is 0 Å². The number of nitrogens with zero attached hydrogens (tertiary/aromatic N) is 2. The molecule has 8 nitrogen and oxygen atoms in total. The third kappa shape index (κ3) is 3.07. The summed E-state index contributed by atoms with van der Waals surface area (Å²) in [5.74, 6) is -2.80. The average molecular weight is 360 g/mol. The molecule has 9 heteroatoms. The van der Waals surface area contributed by atoms with Crippen LogP contribution in [0.2, 0.25) is 5.02 Å². The molecule has 0 aromatic heterocycles. The number of carbonyl (C=O) groups excluding carboxylic acids is 2. The number of carbonyl (C=O) groups is 2. The first-order valence-electron chi connectivity index (χ1n) is 7.04. The molecule has 0 spiro atoms. The predicted octanol–water partition coefficient (Wildman–Crippen LogP) is 2.47. The van der Waals surface area contributed by atoms with E-state index in [1.54, 1.807) is 0 Å². The molecule has 126 valence electrons. The highest BCUT2D eigenvalue weighted by Crippen LogP contribution is 2.33. The lowest BCUT2D eigenvalue weighted by molar-refractivity contribution is -0.385. The fraction of sp³-hybridized carbons (Fsp3) is 0.0625. The van der Waals surface area contributed by atoms with Gasteiger partial charge in [-0.25, -0.2) is 4.99 Å². The summed E-state index contributed by atoms with van der Waals surface area (Å²) in [6.45, 7) is 0. The van der Waals surface area contributed by atoms with Crippen LogP contribution in [0.3, 0.4) is 0 Å². The largest absolute Gasteiger partial charge is 0.506 e. The van der Waals surface area contributed by atoms with Crippen molar-refractivity contribution in [1.82, 2.24) is 5.32 Å². The number of hydrogen-bond donors (Lipinski definition) is 2. The van der Waals surface area contributed by atoms with E-state index in [4.69, 9.17) is 11.6 Å². The fourth-order valence-electron chi connectivity index (χ4n) is 2.51. The van der Waals surface area contributed by atoms with Gasteiger partial charge in [0.1, 0.15) is 17.4 Å². The molecule has 1 unspecified atom stereocenters. The van der Waals surface area contributed by atoms with Crippen LogP contribution in [0.15, 0.2) is 47.5 Å². The number of nitrogens with one attached hydrogen (secondary N) is 1. The third-order valence-electron chi connectivity index (χ3n) is 3.63. The molecule has 1 saturated heterocycles. The van der Waals surface area contributed by atoms with Gasteiger partial charge in [0.2, 0.25) is 5.91 Å². The average Bonchev–Trinajstić information content (AvgIpc) is 2.84. The smallest absolute Gasteiger partial charge is 0.273 e. The van der Waals surface area contributed by atoms with Crippen molar-refractivity contribution in [2.45, 2.75) is 5.92 Å². The van der Waals surface area contributed by atoms with Crippen LogP contribution in [0, 0.1) is 10.1 Å². The summed E-state index contributed by atoms with van der Waals surface area (Å²) in [5.41, 5.74) is -0.166. The molecule has 25 heavy (non-hydrogen) atoms. The Hall–Kier alpha value is -3.26. The molecule has 1 fully saturated rings. The van der Waals surface area contributed by atoms with E-state index in [1.807, 2.05) is 0 Å². The monoisotopic (exact) mass is 359 g/mol. The molecule has 1 aliphatic rings. The number of benzene rings is 2. The van der Waals surface area contributed by atoms with Crippen LogP contribution in [-0.4, -0.2) is 27.6 Å². The van der Waals surface area contributed by atoms with Gasteiger partial charge < -0.3 is 5.11 Å². The van der Waals surface area contributed by atoms with Crippen molar-refractivity contribution < 1.29 is 19.6 Å². The zero-order valence-corrected chi connectivity index (χ0v) is 13.2. The van der Waals surface area contributed by atoms with Crippen LogP contribution in [0.5, 0.6) is 5.75 Å². The van der Waals surface area contributed by atoms with Crippen molar-refractivity contribution in [3.8, 4) is 5.75 Å². The van der Waals surface area contributed by atoms with Crippen LogP contribution in [0.25, 0.3) is 0 Å². The first-order chi connectivity index (χ1) is 11.9. The van der Waals surface area contributed by atoms with Crippen LogP contribution < -0.4 is 5.32 Å². The maximum Gasteiger partial charge on any atom is 0.273 e. The van der Waals surface area contributed by atoms with Gasteiger partial charge in [0.25, 0.3) is 11.6 Å². The van der Waals surface area contributed by atoms with Crippen LogP contribution in [0.4, 0.5) is 11.4 Å². The van der Waals surface area contributed by atoms with E-state index in [9.17, 15) is 24.8 Å². The number of phenols is 1. The Balaban J connectivity index is 2.13. The number of imide groups is 1. The quantitative estimate of drug-likeness (QED) is 0.495. The summed E-state index contributed by atoms with van der Waals surface area (Å²) in [6.07, 6.45) is 0. The van der Waals surface area contributed by atoms with E-state index in [2.05, 4.69) is 10.3 Å². The summed E-state index contributed by atoms with van der Waals surface area (Å²) in [7, 11) is 0. The molecule has 0 radical (unpaired) electrons. The second-order valence-electron chi connectivity index (χ2n) is 5.20. The highest BCUT2D eigenvalue weighted by atomic mass is 35.5. The van der Waals surface area contributed by atoms with E-state index < -0.39 is 22.7 Å². The number of aliphatic imine (C=N–C) groups is 1. The van der Waals surface area contributed by atoms with Gasteiger partial charge in [-0.1, -0.05) is 29.8 Å². The SMILES string of the molecule is O=C1NC(=O)C(c2ccccc2[N+](=O)[O-])C1=Nc1ccc(O)c(Cl)c1. The second-order valence-corrected chi connectivity index (χ2v) is 5.61. The van der Waals surface area contributed by atoms with Gasteiger partial charge >= 0.3 is 0 Å². The molecule has 2 N–H and O–H groups in total. The normalized spacial score (nSPS) is 18.4.